The lowest BCUT2D eigenvalue weighted by Crippen LogP contribution is -2.58. The second kappa shape index (κ2) is 21.8. The summed E-state index contributed by atoms with van der Waals surface area (Å²) in [5.41, 5.74) is 2.43. The SMILES string of the molecule is CC[C@@H]1CC(=O)N(Cc2c(OCC(F)(F)F)cc(Cl)cc2Oc2ccc(-c3cnc(CN4CCCC4)n3C)cc2)[C@@H](C)C(=O)N[C@@H](CO)C(=O)N(C)[C@H](Cc2ccc(Cl)cc2)CNC1=O. The number of benzene rings is 3. The molecule has 14 nitrogen and oxygen atoms in total. The Hall–Kier alpha value is -5.36. The summed E-state index contributed by atoms with van der Waals surface area (Å²) < 4.78 is 54.6. The summed E-state index contributed by atoms with van der Waals surface area (Å²) in [6.07, 6.45) is -0.565. The Balaban J connectivity index is 1.32. The quantitative estimate of drug-likeness (QED) is 0.136. The Kier molecular flexibility index (Phi) is 16.4. The van der Waals surface area contributed by atoms with E-state index in [9.17, 15) is 37.5 Å². The normalized spacial score (nSPS) is 20.7. The van der Waals surface area contributed by atoms with E-state index in [1.165, 1.54) is 24.9 Å². The zero-order valence-corrected chi connectivity index (χ0v) is 38.2. The molecule has 19 heteroatoms. The lowest BCUT2D eigenvalue weighted by molar-refractivity contribution is -0.153. The third-order valence-electron chi connectivity index (χ3n) is 11.9. The molecule has 6 rings (SSSR count). The van der Waals surface area contributed by atoms with Crippen LogP contribution in [0.5, 0.6) is 17.2 Å². The first-order valence-electron chi connectivity index (χ1n) is 21.5. The summed E-state index contributed by atoms with van der Waals surface area (Å²) in [5, 5.41) is 16.3. The second-order valence-corrected chi connectivity index (χ2v) is 17.3. The molecule has 4 aromatic rings. The van der Waals surface area contributed by atoms with E-state index in [1.54, 1.807) is 61.7 Å². The fourth-order valence-electron chi connectivity index (χ4n) is 7.96. The number of nitrogens with zero attached hydrogens (tertiary/aromatic N) is 5. The number of aromatic nitrogens is 2. The maximum Gasteiger partial charge on any atom is 0.422 e. The van der Waals surface area contributed by atoms with E-state index in [1.807, 2.05) is 11.6 Å². The fraction of sp³-hybridized carbons (Fsp3) is 0.457. The molecule has 1 aromatic heterocycles. The highest BCUT2D eigenvalue weighted by Gasteiger charge is 2.36. The van der Waals surface area contributed by atoms with Gasteiger partial charge in [-0.25, -0.2) is 4.98 Å². The number of nitrogens with one attached hydrogen (secondary N) is 2. The molecule has 2 fully saturated rings. The van der Waals surface area contributed by atoms with Gasteiger partial charge in [0.05, 0.1) is 43.2 Å². The van der Waals surface area contributed by atoms with Crippen molar-refractivity contribution in [3.05, 3.63) is 93.9 Å². The molecule has 4 amide bonds. The Morgan fingerprint density at radius 2 is 1.58 bits per heavy atom. The smallest absolute Gasteiger partial charge is 0.422 e. The van der Waals surface area contributed by atoms with Gasteiger partial charge >= 0.3 is 6.18 Å². The highest BCUT2D eigenvalue weighted by molar-refractivity contribution is 6.31. The van der Waals surface area contributed by atoms with Crippen molar-refractivity contribution in [2.24, 2.45) is 13.0 Å². The lowest BCUT2D eigenvalue weighted by Gasteiger charge is -2.35. The van der Waals surface area contributed by atoms with Crippen molar-refractivity contribution in [1.29, 1.82) is 0 Å². The zero-order valence-electron chi connectivity index (χ0n) is 36.7. The zero-order chi connectivity index (χ0) is 47.0. The summed E-state index contributed by atoms with van der Waals surface area (Å²) in [6.45, 7) is 2.74. The minimum absolute atomic E-state index is 0.0329. The fourth-order valence-corrected chi connectivity index (χ4v) is 8.28. The number of carbonyl (C=O) groups is 4. The van der Waals surface area contributed by atoms with Gasteiger partial charge in [0.15, 0.2) is 6.61 Å². The number of alkyl halides is 3. The average Bonchev–Trinajstić information content (AvgIpc) is 3.93. The minimum Gasteiger partial charge on any atom is -0.484 e. The van der Waals surface area contributed by atoms with E-state index in [-0.39, 0.29) is 47.2 Å². The van der Waals surface area contributed by atoms with Crippen molar-refractivity contribution in [2.45, 2.75) is 83.3 Å². The summed E-state index contributed by atoms with van der Waals surface area (Å²) in [5.74, 6) is -2.89. The van der Waals surface area contributed by atoms with Crippen LogP contribution in [0, 0.1) is 5.92 Å². The van der Waals surface area contributed by atoms with E-state index in [2.05, 4.69) is 20.5 Å². The number of carbonyl (C=O) groups excluding carboxylic acids is 4. The molecule has 4 atom stereocenters. The predicted octanol–water partition coefficient (Wildman–Crippen LogP) is 6.53. The van der Waals surface area contributed by atoms with Gasteiger partial charge in [0, 0.05) is 54.7 Å². The molecule has 0 spiro atoms. The van der Waals surface area contributed by atoms with E-state index in [0.717, 1.165) is 66.1 Å². The van der Waals surface area contributed by atoms with Gasteiger partial charge in [0.1, 0.15) is 35.2 Å². The Bertz CT molecular complexity index is 2310. The van der Waals surface area contributed by atoms with Gasteiger partial charge in [-0.1, -0.05) is 42.3 Å². The molecule has 0 saturated carbocycles. The summed E-state index contributed by atoms with van der Waals surface area (Å²) in [6, 6.07) is 12.9. The summed E-state index contributed by atoms with van der Waals surface area (Å²) in [7, 11) is 3.44. The van der Waals surface area contributed by atoms with Crippen LogP contribution >= 0.6 is 23.2 Å². The van der Waals surface area contributed by atoms with Gasteiger partial charge in [-0.3, -0.25) is 24.1 Å². The van der Waals surface area contributed by atoms with E-state index >= 15 is 0 Å². The van der Waals surface area contributed by atoms with Crippen LogP contribution in [0.1, 0.15) is 56.5 Å². The van der Waals surface area contributed by atoms with Crippen LogP contribution in [0.15, 0.2) is 66.9 Å². The number of ether oxygens (including phenoxy) is 2. The Morgan fingerprint density at radius 1 is 0.908 bits per heavy atom. The van der Waals surface area contributed by atoms with Crippen molar-refractivity contribution in [1.82, 2.24) is 34.9 Å². The average molecular weight is 945 g/mol. The maximum absolute atomic E-state index is 14.5. The van der Waals surface area contributed by atoms with Crippen molar-refractivity contribution in [3.63, 3.8) is 0 Å². The molecule has 2 aliphatic heterocycles. The Morgan fingerprint density at radius 3 is 2.23 bits per heavy atom. The molecule has 3 N–H and O–H groups in total. The molecule has 3 aromatic carbocycles. The summed E-state index contributed by atoms with van der Waals surface area (Å²) >= 11 is 12.5. The van der Waals surface area contributed by atoms with Gasteiger partial charge in [-0.15, -0.1) is 0 Å². The first-order chi connectivity index (χ1) is 30.9. The monoisotopic (exact) mass is 943 g/mol. The van der Waals surface area contributed by atoms with Crippen LogP contribution in [0.3, 0.4) is 0 Å². The molecule has 0 radical (unpaired) electrons. The molecule has 0 aliphatic carbocycles. The number of aliphatic hydroxyl groups excluding tert-OH is 1. The number of rotatable bonds is 13. The molecular formula is C46H54Cl2F3N7O7. The summed E-state index contributed by atoms with van der Waals surface area (Å²) in [4.78, 5) is 65.6. The van der Waals surface area contributed by atoms with E-state index in [4.69, 9.17) is 32.7 Å². The lowest BCUT2D eigenvalue weighted by atomic mass is 9.98. The highest BCUT2D eigenvalue weighted by Crippen LogP contribution is 2.39. The molecule has 3 heterocycles. The Labute approximate surface area is 386 Å². The van der Waals surface area contributed by atoms with Gasteiger partial charge in [0.25, 0.3) is 0 Å². The highest BCUT2D eigenvalue weighted by atomic mass is 35.5. The third-order valence-corrected chi connectivity index (χ3v) is 12.4. The van der Waals surface area contributed by atoms with E-state index < -0.39 is 80.0 Å². The largest absolute Gasteiger partial charge is 0.484 e. The van der Waals surface area contributed by atoms with Crippen molar-refractivity contribution in [3.8, 4) is 28.5 Å². The van der Waals surface area contributed by atoms with Gasteiger partial charge in [-0.05, 0) is 93.7 Å². The minimum atomic E-state index is -4.77. The van der Waals surface area contributed by atoms with Gasteiger partial charge in [-0.2, -0.15) is 13.2 Å². The van der Waals surface area contributed by atoms with Crippen LogP contribution < -0.4 is 20.1 Å². The van der Waals surface area contributed by atoms with Crippen LogP contribution in [0.4, 0.5) is 13.2 Å². The topological polar surface area (TPSA) is 159 Å². The molecule has 65 heavy (non-hydrogen) atoms. The van der Waals surface area contributed by atoms with Gasteiger partial charge < -0.3 is 39.6 Å². The van der Waals surface area contributed by atoms with Crippen LogP contribution in [-0.2, 0) is 45.7 Å². The number of aliphatic hydroxyl groups is 1. The number of hydrogen-bond acceptors (Lipinski definition) is 9. The molecule has 0 bridgehead atoms. The van der Waals surface area contributed by atoms with Crippen molar-refractivity contribution < 1.29 is 46.9 Å². The molecule has 2 aliphatic rings. The van der Waals surface area contributed by atoms with Crippen LogP contribution in [0.25, 0.3) is 11.3 Å². The second-order valence-electron chi connectivity index (χ2n) is 16.4. The number of likely N-dealkylation sites (N-methyl/N-ethyl adjacent to an activating group) is 1. The molecular weight excluding hydrogens is 890 g/mol. The maximum atomic E-state index is 14.5. The first-order valence-corrected chi connectivity index (χ1v) is 22.2. The standard InChI is InChI=1S/C46H54Cl2F3N7O7/c1-5-30-19-42(60)58(28(2)43(61)54-37(26-59)45(63)55(3)34(22-53-44(30)62)18-29-8-12-32(47)13-9-29)24-36-39(64-27-46(49,50)51)20-33(48)21-40(36)65-35-14-10-31(11-15-35)38-23-52-41(56(38)4)25-57-16-6-7-17-57/h8-15,20-21,23,28,30,34,37,59H,5-7,16-19,22,24-27H2,1-4H3,(H,53,62)(H,54,61)/t28-,30+,34+,37-/m0/s1. The number of halogens is 5. The molecule has 2 saturated heterocycles. The van der Waals surface area contributed by atoms with Gasteiger partial charge in [0.2, 0.25) is 23.6 Å². The number of hydrogen-bond donors (Lipinski definition) is 3. The number of likely N-dealkylation sites (tertiary alicyclic amines) is 1. The first kappa shape index (κ1) is 49.1. The number of amides is 4. The molecule has 0 unspecified atom stereocenters. The van der Waals surface area contributed by atoms with Crippen molar-refractivity contribution in [2.75, 3.05) is 39.9 Å². The number of imidazole rings is 1. The van der Waals surface area contributed by atoms with Crippen LogP contribution in [-0.4, -0.2) is 117 Å². The molecule has 350 valence electrons. The third kappa shape index (κ3) is 12.7. The van der Waals surface area contributed by atoms with E-state index in [0.29, 0.717) is 5.02 Å². The van der Waals surface area contributed by atoms with Crippen molar-refractivity contribution >= 4 is 46.8 Å². The van der Waals surface area contributed by atoms with Crippen LogP contribution in [0.2, 0.25) is 10.0 Å². The predicted molar refractivity (Wildman–Crippen MR) is 238 cm³/mol.